The molecule has 0 spiro atoms. The summed E-state index contributed by atoms with van der Waals surface area (Å²) < 4.78 is 11.7. The molecule has 7 nitrogen and oxygen atoms in total. The van der Waals surface area contributed by atoms with Gasteiger partial charge in [-0.1, -0.05) is 39.3 Å². The number of carboxylic acids is 1. The number of carbonyl (C=O) groups is 2. The third-order valence-electron chi connectivity index (χ3n) is 5.76. The van der Waals surface area contributed by atoms with Crippen molar-refractivity contribution in [1.82, 2.24) is 0 Å². The van der Waals surface area contributed by atoms with Crippen LogP contribution in [0.3, 0.4) is 0 Å². The highest BCUT2D eigenvalue weighted by Crippen LogP contribution is 2.37. The summed E-state index contributed by atoms with van der Waals surface area (Å²) in [6.45, 7) is 9.54. The number of benzene rings is 2. The first-order valence-corrected chi connectivity index (χ1v) is 11.6. The van der Waals surface area contributed by atoms with Gasteiger partial charge in [0.25, 0.3) is 0 Å². The molecule has 2 rings (SSSR count). The molecule has 0 aliphatic rings. The summed E-state index contributed by atoms with van der Waals surface area (Å²) >= 11 is 0. The number of phenols is 1. The number of aliphatic hydroxyl groups is 1. The first kappa shape index (κ1) is 27.2. The van der Waals surface area contributed by atoms with E-state index in [1.165, 1.54) is 6.92 Å². The molecule has 0 aliphatic heterocycles. The topological polar surface area (TPSA) is 113 Å². The van der Waals surface area contributed by atoms with Gasteiger partial charge in [0.15, 0.2) is 5.78 Å². The van der Waals surface area contributed by atoms with Crippen molar-refractivity contribution in [1.29, 1.82) is 0 Å². The van der Waals surface area contributed by atoms with Gasteiger partial charge in [-0.15, -0.1) is 0 Å². The van der Waals surface area contributed by atoms with Gasteiger partial charge in [0.05, 0.1) is 31.3 Å². The molecule has 34 heavy (non-hydrogen) atoms. The number of aryl methyl sites for hydroxylation is 1. The van der Waals surface area contributed by atoms with Gasteiger partial charge < -0.3 is 24.8 Å². The number of phenolic OH excluding ortho intramolecular Hbond substituents is 1. The molecule has 0 fully saturated rings. The minimum atomic E-state index is -0.951. The number of Topliss-reactive ketones (excluding diaryl/α,β-unsaturated/α-hetero) is 1. The van der Waals surface area contributed by atoms with Crippen molar-refractivity contribution >= 4 is 11.8 Å². The Morgan fingerprint density at radius 2 is 1.71 bits per heavy atom. The molecule has 0 saturated heterocycles. The molecular formula is C27H36O7. The van der Waals surface area contributed by atoms with Crippen LogP contribution >= 0.6 is 0 Å². The summed E-state index contributed by atoms with van der Waals surface area (Å²) in [7, 11) is 0. The molecule has 0 saturated carbocycles. The number of rotatable bonds is 13. The van der Waals surface area contributed by atoms with Crippen LogP contribution in [-0.4, -0.2) is 40.3 Å². The highest BCUT2D eigenvalue weighted by Gasteiger charge is 2.31. The van der Waals surface area contributed by atoms with E-state index < -0.39 is 17.5 Å². The van der Waals surface area contributed by atoms with E-state index in [1.807, 2.05) is 13.8 Å². The van der Waals surface area contributed by atoms with Crippen molar-refractivity contribution in [3.63, 3.8) is 0 Å². The summed E-state index contributed by atoms with van der Waals surface area (Å²) in [6, 6.07) is 8.63. The maximum atomic E-state index is 11.8. The van der Waals surface area contributed by atoms with Crippen LogP contribution < -0.4 is 9.47 Å². The number of hydrogen-bond donors (Lipinski definition) is 3. The molecule has 3 N–H and O–H groups in total. The third kappa shape index (κ3) is 6.97. The van der Waals surface area contributed by atoms with Crippen molar-refractivity contribution in [2.24, 2.45) is 5.41 Å². The van der Waals surface area contributed by atoms with Gasteiger partial charge in [-0.2, -0.15) is 0 Å². The number of ketones is 1. The molecule has 0 heterocycles. The zero-order chi connectivity index (χ0) is 25.5. The summed E-state index contributed by atoms with van der Waals surface area (Å²) in [5.41, 5.74) is 1.63. The Balaban J connectivity index is 1.93. The van der Waals surface area contributed by atoms with Crippen LogP contribution in [-0.2, 0) is 11.2 Å². The summed E-state index contributed by atoms with van der Waals surface area (Å²) in [5.74, 6) is 0.125. The van der Waals surface area contributed by atoms with Gasteiger partial charge in [0.1, 0.15) is 17.2 Å². The Kier molecular flexibility index (Phi) is 9.50. The van der Waals surface area contributed by atoms with E-state index in [-0.39, 0.29) is 18.0 Å². The standard InChI is InChI=1S/C27H36O7/c1-6-8-21-24(31)22(18(3)28)15-17(2)25(21)34-14-7-13-33-20-11-9-19(10-12-20)26(32)27(4,5)16-23(29)30/h9-12,15,26,31-32H,6-8,13-14,16H2,1-5H3,(H,29,30). The Morgan fingerprint density at radius 1 is 1.09 bits per heavy atom. The third-order valence-corrected chi connectivity index (χ3v) is 5.76. The molecular weight excluding hydrogens is 436 g/mol. The monoisotopic (exact) mass is 472 g/mol. The molecule has 0 amide bonds. The number of aliphatic carboxylic acids is 1. The number of aliphatic hydroxyl groups excluding tert-OH is 1. The van der Waals surface area contributed by atoms with E-state index in [4.69, 9.17) is 14.6 Å². The van der Waals surface area contributed by atoms with Crippen molar-refractivity contribution in [2.75, 3.05) is 13.2 Å². The van der Waals surface area contributed by atoms with Crippen molar-refractivity contribution in [2.45, 2.75) is 66.4 Å². The maximum absolute atomic E-state index is 11.8. The molecule has 0 bridgehead atoms. The van der Waals surface area contributed by atoms with Crippen LogP contribution in [0.15, 0.2) is 30.3 Å². The number of carboxylic acid groups (broad SMARTS) is 1. The van der Waals surface area contributed by atoms with Gasteiger partial charge in [-0.3, -0.25) is 9.59 Å². The van der Waals surface area contributed by atoms with Gasteiger partial charge in [-0.25, -0.2) is 0 Å². The van der Waals surface area contributed by atoms with Crippen LogP contribution in [0, 0.1) is 12.3 Å². The van der Waals surface area contributed by atoms with Gasteiger partial charge in [-0.05, 0) is 49.6 Å². The van der Waals surface area contributed by atoms with Crippen LogP contribution in [0.4, 0.5) is 0 Å². The van der Waals surface area contributed by atoms with E-state index in [2.05, 4.69) is 0 Å². The zero-order valence-electron chi connectivity index (χ0n) is 20.7. The van der Waals surface area contributed by atoms with Gasteiger partial charge >= 0.3 is 5.97 Å². The fraction of sp³-hybridized carbons (Fsp3) is 0.481. The largest absolute Gasteiger partial charge is 0.507 e. The first-order valence-electron chi connectivity index (χ1n) is 11.6. The van der Waals surface area contributed by atoms with E-state index in [1.54, 1.807) is 44.2 Å². The lowest BCUT2D eigenvalue weighted by molar-refractivity contribution is -0.141. The minimum absolute atomic E-state index is 0.00000883. The Hall–Kier alpha value is -3.06. The van der Waals surface area contributed by atoms with E-state index in [9.17, 15) is 19.8 Å². The summed E-state index contributed by atoms with van der Waals surface area (Å²) in [4.78, 5) is 22.8. The predicted octanol–water partition coefficient (Wildman–Crippen LogP) is 5.24. The smallest absolute Gasteiger partial charge is 0.303 e. The van der Waals surface area contributed by atoms with Crippen LogP contribution in [0.1, 0.15) is 80.1 Å². The van der Waals surface area contributed by atoms with Crippen molar-refractivity contribution in [3.05, 3.63) is 52.6 Å². The highest BCUT2D eigenvalue weighted by atomic mass is 16.5. The van der Waals surface area contributed by atoms with Gasteiger partial charge in [0, 0.05) is 17.4 Å². The molecule has 0 aromatic heterocycles. The number of hydrogen-bond acceptors (Lipinski definition) is 6. The second-order valence-electron chi connectivity index (χ2n) is 9.28. The first-order chi connectivity index (χ1) is 16.0. The summed E-state index contributed by atoms with van der Waals surface area (Å²) in [6.07, 6.45) is 0.988. The number of carbonyl (C=O) groups excluding carboxylic acids is 1. The Labute approximate surface area is 201 Å². The fourth-order valence-electron chi connectivity index (χ4n) is 3.92. The Morgan fingerprint density at radius 3 is 2.26 bits per heavy atom. The lowest BCUT2D eigenvalue weighted by atomic mass is 9.80. The highest BCUT2D eigenvalue weighted by molar-refractivity contribution is 5.97. The van der Waals surface area contributed by atoms with Crippen molar-refractivity contribution in [3.8, 4) is 17.2 Å². The van der Waals surface area contributed by atoms with E-state index in [0.717, 1.165) is 12.0 Å². The molecule has 1 unspecified atom stereocenters. The summed E-state index contributed by atoms with van der Waals surface area (Å²) in [5, 5.41) is 30.1. The van der Waals surface area contributed by atoms with E-state index >= 15 is 0 Å². The lowest BCUT2D eigenvalue weighted by Gasteiger charge is -2.29. The fourth-order valence-corrected chi connectivity index (χ4v) is 3.92. The number of aromatic hydroxyl groups is 1. The Bertz CT molecular complexity index is 993. The van der Waals surface area contributed by atoms with Crippen LogP contribution in [0.5, 0.6) is 17.2 Å². The molecule has 2 aromatic carbocycles. The second-order valence-corrected chi connectivity index (χ2v) is 9.28. The zero-order valence-corrected chi connectivity index (χ0v) is 20.7. The van der Waals surface area contributed by atoms with E-state index in [0.29, 0.717) is 54.2 Å². The second kappa shape index (κ2) is 11.9. The molecule has 0 aliphatic carbocycles. The average Bonchev–Trinajstić information content (AvgIpc) is 2.76. The SMILES string of the molecule is CCCc1c(O)c(C(C)=O)cc(C)c1OCCCOc1ccc(C(O)C(C)(C)CC(=O)O)cc1. The normalized spacial score (nSPS) is 12.3. The molecule has 0 radical (unpaired) electrons. The average molecular weight is 473 g/mol. The molecule has 7 heteroatoms. The van der Waals surface area contributed by atoms with Crippen LogP contribution in [0.2, 0.25) is 0 Å². The molecule has 186 valence electrons. The minimum Gasteiger partial charge on any atom is -0.507 e. The lowest BCUT2D eigenvalue weighted by Crippen LogP contribution is -2.25. The number of ether oxygens (including phenoxy) is 2. The van der Waals surface area contributed by atoms with Crippen LogP contribution in [0.25, 0.3) is 0 Å². The van der Waals surface area contributed by atoms with Crippen molar-refractivity contribution < 1.29 is 34.4 Å². The quantitative estimate of drug-likeness (QED) is 0.270. The van der Waals surface area contributed by atoms with Gasteiger partial charge in [0.2, 0.25) is 0 Å². The maximum Gasteiger partial charge on any atom is 0.303 e. The molecule has 1 atom stereocenters. The predicted molar refractivity (Wildman–Crippen MR) is 130 cm³/mol. The molecule has 2 aromatic rings.